The number of rotatable bonds is 4. The van der Waals surface area contributed by atoms with Crippen molar-refractivity contribution in [1.29, 1.82) is 0 Å². The minimum Gasteiger partial charge on any atom is -0.359 e. The van der Waals surface area contributed by atoms with Crippen LogP contribution in [0.25, 0.3) is 22.3 Å². The Kier molecular flexibility index (Phi) is 4.02. The van der Waals surface area contributed by atoms with Gasteiger partial charge in [-0.15, -0.1) is 0 Å². The van der Waals surface area contributed by atoms with Crippen molar-refractivity contribution in [2.45, 2.75) is 32.4 Å². The van der Waals surface area contributed by atoms with E-state index in [0.29, 0.717) is 6.04 Å². The Bertz CT molecular complexity index is 1070. The van der Waals surface area contributed by atoms with Crippen molar-refractivity contribution in [2.24, 2.45) is 0 Å². The number of H-pyrrole nitrogens is 1. The molecule has 0 spiro atoms. The Morgan fingerprint density at radius 1 is 1.15 bits per heavy atom. The van der Waals surface area contributed by atoms with Gasteiger partial charge in [-0.1, -0.05) is 41.6 Å². The van der Waals surface area contributed by atoms with Crippen molar-refractivity contribution in [3.8, 4) is 11.3 Å². The van der Waals surface area contributed by atoms with Gasteiger partial charge >= 0.3 is 0 Å². The van der Waals surface area contributed by atoms with E-state index in [0.717, 1.165) is 53.4 Å². The maximum Gasteiger partial charge on any atom is 0.151 e. The first-order valence-corrected chi connectivity index (χ1v) is 9.47. The molecule has 0 amide bonds. The second-order valence-electron chi connectivity index (χ2n) is 7.32. The molecule has 1 fully saturated rings. The summed E-state index contributed by atoms with van der Waals surface area (Å²) >= 11 is 0. The lowest BCUT2D eigenvalue weighted by Gasteiger charge is -2.21. The third-order valence-corrected chi connectivity index (χ3v) is 5.32. The molecular formula is C22H22N4O. The van der Waals surface area contributed by atoms with Gasteiger partial charge in [0.25, 0.3) is 0 Å². The van der Waals surface area contributed by atoms with Crippen LogP contribution in [0.1, 0.15) is 36.0 Å². The number of benzene rings is 2. The number of aryl methyl sites for hydroxylation is 1. The Balaban J connectivity index is 1.37. The summed E-state index contributed by atoms with van der Waals surface area (Å²) in [5.41, 5.74) is 5.37. The van der Waals surface area contributed by atoms with E-state index < -0.39 is 0 Å². The molecular weight excluding hydrogens is 336 g/mol. The number of hydrogen-bond acceptors (Lipinski definition) is 4. The zero-order valence-electron chi connectivity index (χ0n) is 15.4. The third-order valence-electron chi connectivity index (χ3n) is 5.32. The van der Waals surface area contributed by atoms with Crippen LogP contribution in [0.2, 0.25) is 0 Å². The fourth-order valence-corrected chi connectivity index (χ4v) is 3.96. The van der Waals surface area contributed by atoms with Crippen LogP contribution in [0.15, 0.2) is 59.1 Å². The molecule has 5 heteroatoms. The van der Waals surface area contributed by atoms with E-state index in [1.807, 2.05) is 24.3 Å². The highest BCUT2D eigenvalue weighted by atomic mass is 16.5. The molecule has 5 nitrogen and oxygen atoms in total. The molecule has 2 aromatic carbocycles. The van der Waals surface area contributed by atoms with Gasteiger partial charge < -0.3 is 9.51 Å². The minimum absolute atomic E-state index is 0.294. The molecule has 1 N–H and O–H groups in total. The van der Waals surface area contributed by atoms with Crippen LogP contribution in [0.4, 0.5) is 0 Å². The quantitative estimate of drug-likeness (QED) is 0.566. The fraction of sp³-hybridized carbons (Fsp3) is 0.273. The lowest BCUT2D eigenvalue weighted by atomic mass is 10.1. The van der Waals surface area contributed by atoms with Crippen molar-refractivity contribution >= 4 is 11.0 Å². The second kappa shape index (κ2) is 6.67. The number of aromatic nitrogens is 3. The van der Waals surface area contributed by atoms with E-state index in [2.05, 4.69) is 52.3 Å². The van der Waals surface area contributed by atoms with E-state index in [1.54, 1.807) is 0 Å². The van der Waals surface area contributed by atoms with Gasteiger partial charge in [0, 0.05) is 11.6 Å². The monoisotopic (exact) mass is 358 g/mol. The first-order chi connectivity index (χ1) is 13.3. The first kappa shape index (κ1) is 16.3. The molecule has 1 saturated heterocycles. The van der Waals surface area contributed by atoms with Crippen molar-refractivity contribution < 1.29 is 4.52 Å². The number of imidazole rings is 1. The summed E-state index contributed by atoms with van der Waals surface area (Å²) < 4.78 is 5.62. The number of hydrogen-bond donors (Lipinski definition) is 1. The summed E-state index contributed by atoms with van der Waals surface area (Å²) in [5, 5.41) is 4.25. The number of likely N-dealkylation sites (tertiary alicyclic amines) is 1. The predicted octanol–water partition coefficient (Wildman–Crippen LogP) is 4.86. The van der Waals surface area contributed by atoms with Crippen LogP contribution in [-0.2, 0) is 6.54 Å². The molecule has 0 bridgehead atoms. The topological polar surface area (TPSA) is 58.0 Å². The van der Waals surface area contributed by atoms with Crippen LogP contribution in [0, 0.1) is 6.92 Å². The molecule has 0 aliphatic carbocycles. The summed E-state index contributed by atoms with van der Waals surface area (Å²) in [5.74, 6) is 1.95. The predicted molar refractivity (Wildman–Crippen MR) is 105 cm³/mol. The van der Waals surface area contributed by atoms with Crippen LogP contribution in [-0.4, -0.2) is 26.6 Å². The Morgan fingerprint density at radius 3 is 2.93 bits per heavy atom. The van der Waals surface area contributed by atoms with E-state index in [1.165, 1.54) is 12.0 Å². The molecule has 0 unspecified atom stereocenters. The van der Waals surface area contributed by atoms with Crippen molar-refractivity contribution in [2.75, 3.05) is 6.54 Å². The van der Waals surface area contributed by atoms with Gasteiger partial charge in [0.2, 0.25) is 0 Å². The lowest BCUT2D eigenvalue weighted by Crippen LogP contribution is -2.23. The van der Waals surface area contributed by atoms with Crippen molar-refractivity contribution in [3.05, 3.63) is 71.7 Å². The van der Waals surface area contributed by atoms with Crippen molar-refractivity contribution in [3.63, 3.8) is 0 Å². The molecule has 2 aromatic heterocycles. The van der Waals surface area contributed by atoms with Crippen LogP contribution >= 0.6 is 0 Å². The largest absolute Gasteiger partial charge is 0.359 e. The summed E-state index contributed by atoms with van der Waals surface area (Å²) in [6, 6.07) is 18.9. The van der Waals surface area contributed by atoms with Crippen LogP contribution in [0.3, 0.4) is 0 Å². The maximum atomic E-state index is 5.62. The second-order valence-corrected chi connectivity index (χ2v) is 7.32. The molecule has 136 valence electrons. The standard InChI is InChI=1S/C22H22N4O/c1-15-9-10-18-20(12-15)24-22(23-18)21-8-5-11-26(21)14-17-13-19(25-27-17)16-6-3-2-4-7-16/h2-4,6-7,9-10,12-13,21H,5,8,11,14H2,1H3,(H,23,24)/t21-/m0/s1. The molecule has 27 heavy (non-hydrogen) atoms. The molecule has 3 heterocycles. The molecule has 1 atom stereocenters. The highest BCUT2D eigenvalue weighted by molar-refractivity contribution is 5.75. The average molecular weight is 358 g/mol. The maximum absolute atomic E-state index is 5.62. The van der Waals surface area contributed by atoms with E-state index in [-0.39, 0.29) is 0 Å². The molecule has 5 rings (SSSR count). The third kappa shape index (κ3) is 3.15. The lowest BCUT2D eigenvalue weighted by molar-refractivity contribution is 0.211. The van der Waals surface area contributed by atoms with Gasteiger partial charge in [0.15, 0.2) is 5.76 Å². The summed E-state index contributed by atoms with van der Waals surface area (Å²) in [6.07, 6.45) is 2.28. The number of nitrogens with one attached hydrogen (secondary N) is 1. The number of fused-ring (bicyclic) bond motifs is 1. The SMILES string of the molecule is Cc1ccc2nc([C@@H]3CCCN3Cc3cc(-c4ccccc4)no3)[nH]c2c1. The average Bonchev–Trinajstić information content (AvgIpc) is 3.41. The normalized spacial score (nSPS) is 17.7. The summed E-state index contributed by atoms with van der Waals surface area (Å²) in [7, 11) is 0. The summed E-state index contributed by atoms with van der Waals surface area (Å²) in [4.78, 5) is 10.8. The fourth-order valence-electron chi connectivity index (χ4n) is 3.96. The molecule has 1 aliphatic rings. The Morgan fingerprint density at radius 2 is 2.04 bits per heavy atom. The van der Waals surface area contributed by atoms with Crippen LogP contribution < -0.4 is 0 Å². The molecule has 1 aliphatic heterocycles. The zero-order chi connectivity index (χ0) is 18.2. The number of aromatic amines is 1. The van der Waals surface area contributed by atoms with E-state index in [4.69, 9.17) is 9.51 Å². The molecule has 4 aromatic rings. The van der Waals surface area contributed by atoms with Gasteiger partial charge in [-0.2, -0.15) is 0 Å². The van der Waals surface area contributed by atoms with Gasteiger partial charge in [-0.25, -0.2) is 4.98 Å². The minimum atomic E-state index is 0.294. The molecule has 0 radical (unpaired) electrons. The van der Waals surface area contributed by atoms with Gasteiger partial charge in [0.1, 0.15) is 11.5 Å². The molecule has 0 saturated carbocycles. The smallest absolute Gasteiger partial charge is 0.151 e. The van der Waals surface area contributed by atoms with Crippen LogP contribution in [0.5, 0.6) is 0 Å². The Labute approximate surface area is 158 Å². The van der Waals surface area contributed by atoms with Gasteiger partial charge in [-0.05, 0) is 44.0 Å². The number of nitrogens with zero attached hydrogens (tertiary/aromatic N) is 3. The zero-order valence-corrected chi connectivity index (χ0v) is 15.4. The summed E-state index contributed by atoms with van der Waals surface area (Å²) in [6.45, 7) is 3.90. The van der Waals surface area contributed by atoms with Crippen molar-refractivity contribution in [1.82, 2.24) is 20.0 Å². The highest BCUT2D eigenvalue weighted by Gasteiger charge is 2.29. The first-order valence-electron chi connectivity index (χ1n) is 9.47. The van der Waals surface area contributed by atoms with E-state index >= 15 is 0 Å². The van der Waals surface area contributed by atoms with Gasteiger partial charge in [-0.3, -0.25) is 4.90 Å². The van der Waals surface area contributed by atoms with Gasteiger partial charge in [0.05, 0.1) is 23.6 Å². The highest BCUT2D eigenvalue weighted by Crippen LogP contribution is 2.33. The van der Waals surface area contributed by atoms with E-state index in [9.17, 15) is 0 Å². The Hall–Kier alpha value is -2.92.